The second-order valence-corrected chi connectivity index (χ2v) is 6.51. The lowest BCUT2D eigenvalue weighted by molar-refractivity contribution is 0.672. The zero-order valence-corrected chi connectivity index (χ0v) is 13.8. The van der Waals surface area contributed by atoms with E-state index in [1.807, 2.05) is 6.92 Å². The Labute approximate surface area is 133 Å². The van der Waals surface area contributed by atoms with E-state index in [9.17, 15) is 0 Å². The summed E-state index contributed by atoms with van der Waals surface area (Å²) in [6, 6.07) is 6.34. The number of alkyl halides is 1. The lowest BCUT2D eigenvalue weighted by Gasteiger charge is -2.07. The monoisotopic (exact) mass is 319 g/mol. The van der Waals surface area contributed by atoms with Crippen LogP contribution < -0.4 is 0 Å². The van der Waals surface area contributed by atoms with E-state index in [0.29, 0.717) is 5.88 Å². The van der Waals surface area contributed by atoms with Crippen molar-refractivity contribution in [1.82, 2.24) is 14.5 Å². The van der Waals surface area contributed by atoms with Gasteiger partial charge in [0.25, 0.3) is 0 Å². The highest BCUT2D eigenvalue weighted by atomic mass is 35.5. The van der Waals surface area contributed by atoms with Crippen molar-refractivity contribution >= 4 is 34.0 Å². The van der Waals surface area contributed by atoms with Crippen LogP contribution in [0.3, 0.4) is 0 Å². The molecule has 0 radical (unpaired) electrons. The van der Waals surface area contributed by atoms with Crippen LogP contribution in [-0.2, 0) is 19.4 Å². The Morgan fingerprint density at radius 1 is 1.19 bits per heavy atom. The maximum atomic E-state index is 5.93. The standard InChI is InChI=1S/C16H18ClN3S/c1-11-4-3-5-13-16(11)19-14(6-8-17)20(13)9-7-15-18-12(2)10-21-15/h3-5,10H,6-9H2,1-2H3. The van der Waals surface area contributed by atoms with Gasteiger partial charge in [-0.2, -0.15) is 0 Å². The minimum Gasteiger partial charge on any atom is -0.328 e. The molecule has 0 atom stereocenters. The predicted molar refractivity (Wildman–Crippen MR) is 89.4 cm³/mol. The number of benzene rings is 1. The molecular formula is C16H18ClN3S. The highest BCUT2D eigenvalue weighted by Gasteiger charge is 2.12. The van der Waals surface area contributed by atoms with Crippen LogP contribution in [0.25, 0.3) is 11.0 Å². The van der Waals surface area contributed by atoms with E-state index < -0.39 is 0 Å². The van der Waals surface area contributed by atoms with Crippen molar-refractivity contribution in [3.63, 3.8) is 0 Å². The minimum absolute atomic E-state index is 0.596. The third-order valence-electron chi connectivity index (χ3n) is 3.59. The highest BCUT2D eigenvalue weighted by molar-refractivity contribution is 7.09. The van der Waals surface area contributed by atoms with E-state index in [1.165, 1.54) is 16.1 Å². The smallest absolute Gasteiger partial charge is 0.111 e. The number of aryl methyl sites for hydroxylation is 5. The predicted octanol–water partition coefficient (Wildman–Crippen LogP) is 4.13. The normalized spacial score (nSPS) is 11.4. The molecule has 0 saturated carbocycles. The van der Waals surface area contributed by atoms with Gasteiger partial charge in [-0.3, -0.25) is 0 Å². The van der Waals surface area contributed by atoms with Gasteiger partial charge >= 0.3 is 0 Å². The van der Waals surface area contributed by atoms with Gasteiger partial charge in [0.05, 0.1) is 16.0 Å². The van der Waals surface area contributed by atoms with Gasteiger partial charge < -0.3 is 4.57 Å². The van der Waals surface area contributed by atoms with Crippen LogP contribution in [0, 0.1) is 13.8 Å². The van der Waals surface area contributed by atoms with Crippen molar-refractivity contribution < 1.29 is 0 Å². The minimum atomic E-state index is 0.596. The number of nitrogens with zero attached hydrogens (tertiary/aromatic N) is 3. The van der Waals surface area contributed by atoms with Crippen LogP contribution in [0.15, 0.2) is 23.6 Å². The van der Waals surface area contributed by atoms with Crippen LogP contribution >= 0.6 is 22.9 Å². The lowest BCUT2D eigenvalue weighted by atomic mass is 10.2. The summed E-state index contributed by atoms with van der Waals surface area (Å²) in [6.07, 6.45) is 1.74. The molecule has 5 heteroatoms. The molecule has 0 unspecified atom stereocenters. The number of thiazole rings is 1. The maximum absolute atomic E-state index is 5.93. The second-order valence-electron chi connectivity index (χ2n) is 5.19. The van der Waals surface area contributed by atoms with Crippen molar-refractivity contribution in [2.45, 2.75) is 33.2 Å². The van der Waals surface area contributed by atoms with Gasteiger partial charge in [0.1, 0.15) is 5.82 Å². The van der Waals surface area contributed by atoms with Crippen molar-refractivity contribution in [1.29, 1.82) is 0 Å². The van der Waals surface area contributed by atoms with E-state index in [2.05, 4.69) is 40.1 Å². The molecule has 3 nitrogen and oxygen atoms in total. The average molecular weight is 320 g/mol. The quantitative estimate of drug-likeness (QED) is 0.662. The fourth-order valence-electron chi connectivity index (χ4n) is 2.59. The Kier molecular flexibility index (Phi) is 4.27. The molecule has 0 bridgehead atoms. The van der Waals surface area contributed by atoms with Crippen molar-refractivity contribution in [3.05, 3.63) is 45.7 Å². The molecule has 0 N–H and O–H groups in total. The number of hydrogen-bond acceptors (Lipinski definition) is 3. The van der Waals surface area contributed by atoms with Gasteiger partial charge in [-0.1, -0.05) is 12.1 Å². The number of halogens is 1. The summed E-state index contributed by atoms with van der Waals surface area (Å²) in [5.41, 5.74) is 4.60. The summed E-state index contributed by atoms with van der Waals surface area (Å²) in [5.74, 6) is 1.67. The number of aromatic nitrogens is 3. The molecule has 3 rings (SSSR count). The van der Waals surface area contributed by atoms with E-state index in [4.69, 9.17) is 16.6 Å². The summed E-state index contributed by atoms with van der Waals surface area (Å²) < 4.78 is 2.29. The Balaban J connectivity index is 1.95. The van der Waals surface area contributed by atoms with Gasteiger partial charge in [-0.25, -0.2) is 9.97 Å². The Hall–Kier alpha value is -1.39. The molecule has 0 aliphatic rings. The first-order valence-corrected chi connectivity index (χ1v) is 8.52. The average Bonchev–Trinajstić information content (AvgIpc) is 3.02. The number of para-hydroxylation sites is 1. The van der Waals surface area contributed by atoms with Crippen molar-refractivity contribution in [2.24, 2.45) is 0 Å². The van der Waals surface area contributed by atoms with Crippen LogP contribution in [0.4, 0.5) is 0 Å². The summed E-state index contributed by atoms with van der Waals surface area (Å²) >= 11 is 7.66. The molecule has 2 heterocycles. The number of hydrogen-bond donors (Lipinski definition) is 0. The van der Waals surface area contributed by atoms with E-state index in [1.54, 1.807) is 11.3 Å². The third-order valence-corrected chi connectivity index (χ3v) is 4.81. The number of imidazole rings is 1. The van der Waals surface area contributed by atoms with E-state index in [0.717, 1.165) is 36.4 Å². The van der Waals surface area contributed by atoms with Crippen molar-refractivity contribution in [3.8, 4) is 0 Å². The van der Waals surface area contributed by atoms with Gasteiger partial charge in [-0.15, -0.1) is 22.9 Å². The summed E-state index contributed by atoms with van der Waals surface area (Å²) in [7, 11) is 0. The molecule has 2 aromatic heterocycles. The van der Waals surface area contributed by atoms with Gasteiger partial charge in [0, 0.05) is 36.3 Å². The lowest BCUT2D eigenvalue weighted by Crippen LogP contribution is -2.07. The first kappa shape index (κ1) is 14.5. The second kappa shape index (κ2) is 6.16. The number of fused-ring (bicyclic) bond motifs is 1. The van der Waals surface area contributed by atoms with Crippen LogP contribution in [0.1, 0.15) is 22.1 Å². The fraction of sp³-hybridized carbons (Fsp3) is 0.375. The van der Waals surface area contributed by atoms with E-state index in [-0.39, 0.29) is 0 Å². The van der Waals surface area contributed by atoms with Crippen LogP contribution in [-0.4, -0.2) is 20.4 Å². The Morgan fingerprint density at radius 2 is 2.05 bits per heavy atom. The van der Waals surface area contributed by atoms with E-state index >= 15 is 0 Å². The Morgan fingerprint density at radius 3 is 2.76 bits per heavy atom. The maximum Gasteiger partial charge on any atom is 0.111 e. The number of rotatable bonds is 5. The van der Waals surface area contributed by atoms with Gasteiger partial charge in [0.2, 0.25) is 0 Å². The Bertz CT molecular complexity index is 760. The van der Waals surface area contributed by atoms with Crippen LogP contribution in [0.5, 0.6) is 0 Å². The fourth-order valence-corrected chi connectivity index (χ4v) is 3.52. The SMILES string of the molecule is Cc1csc(CCn2c(CCCl)nc3c(C)cccc32)n1. The summed E-state index contributed by atoms with van der Waals surface area (Å²) in [4.78, 5) is 9.32. The molecule has 0 saturated heterocycles. The molecule has 0 amide bonds. The molecule has 21 heavy (non-hydrogen) atoms. The molecule has 1 aromatic carbocycles. The first-order chi connectivity index (χ1) is 10.2. The molecule has 110 valence electrons. The van der Waals surface area contributed by atoms with Crippen molar-refractivity contribution in [2.75, 3.05) is 5.88 Å². The largest absolute Gasteiger partial charge is 0.328 e. The van der Waals surface area contributed by atoms with Crippen LogP contribution in [0.2, 0.25) is 0 Å². The first-order valence-electron chi connectivity index (χ1n) is 7.10. The molecule has 0 fully saturated rings. The van der Waals surface area contributed by atoms with Gasteiger partial charge in [-0.05, 0) is 25.5 Å². The molecule has 0 aliphatic heterocycles. The molecular weight excluding hydrogens is 302 g/mol. The van der Waals surface area contributed by atoms with Gasteiger partial charge in [0.15, 0.2) is 0 Å². The summed E-state index contributed by atoms with van der Waals surface area (Å²) in [6.45, 7) is 5.04. The molecule has 0 spiro atoms. The molecule has 3 aromatic rings. The summed E-state index contributed by atoms with van der Waals surface area (Å²) in [5, 5.41) is 3.28. The molecule has 0 aliphatic carbocycles. The third kappa shape index (κ3) is 2.97. The topological polar surface area (TPSA) is 30.7 Å². The zero-order chi connectivity index (χ0) is 14.8. The zero-order valence-electron chi connectivity index (χ0n) is 12.3. The highest BCUT2D eigenvalue weighted by Crippen LogP contribution is 2.21.